The first-order valence-corrected chi connectivity index (χ1v) is 13.5. The minimum atomic E-state index is -3.77. The molecule has 9 heteroatoms. The first-order chi connectivity index (χ1) is 16.7. The lowest BCUT2D eigenvalue weighted by atomic mass is 10.0. The number of carbonyl (C=O) groups is 1. The summed E-state index contributed by atoms with van der Waals surface area (Å²) < 4.78 is 40.1. The van der Waals surface area contributed by atoms with Crippen molar-refractivity contribution < 1.29 is 22.7 Å². The lowest BCUT2D eigenvalue weighted by molar-refractivity contribution is 0.0108. The summed E-state index contributed by atoms with van der Waals surface area (Å²) in [6.45, 7) is 8.94. The number of sulfonamides is 1. The second-order valence-electron chi connectivity index (χ2n) is 9.22. The number of methoxy groups -OCH3 is 1. The lowest BCUT2D eigenvalue weighted by Gasteiger charge is -2.35. The molecule has 0 saturated carbocycles. The van der Waals surface area contributed by atoms with Crippen molar-refractivity contribution in [2.45, 2.75) is 44.2 Å². The molecule has 1 amide bonds. The third-order valence-electron chi connectivity index (χ3n) is 6.39. The summed E-state index contributed by atoms with van der Waals surface area (Å²) in [4.78, 5) is 17.5. The largest absolute Gasteiger partial charge is 0.491 e. The fourth-order valence-corrected chi connectivity index (χ4v) is 5.39. The predicted octanol–water partition coefficient (Wildman–Crippen LogP) is 3.70. The Morgan fingerprint density at radius 2 is 1.83 bits per heavy atom. The molecule has 2 aromatic carbocycles. The van der Waals surface area contributed by atoms with Gasteiger partial charge in [-0.3, -0.25) is 14.4 Å². The molecule has 0 saturated heterocycles. The number of likely N-dealkylation sites (N-methyl/N-ethyl adjacent to an activating group) is 1. The maximum atomic E-state index is 13.3. The summed E-state index contributed by atoms with van der Waals surface area (Å²) in [5.74, 6) is 0.365. The second kappa shape index (κ2) is 11.9. The van der Waals surface area contributed by atoms with Gasteiger partial charge in [0, 0.05) is 39.4 Å². The summed E-state index contributed by atoms with van der Waals surface area (Å²) in [5.41, 5.74) is 0.712. The Bertz CT molecular complexity index is 1090. The fourth-order valence-electron chi connectivity index (χ4n) is 4.32. The van der Waals surface area contributed by atoms with Crippen LogP contribution >= 0.6 is 0 Å². The molecule has 3 atom stereocenters. The Kier molecular flexibility index (Phi) is 9.15. The van der Waals surface area contributed by atoms with Crippen LogP contribution in [0.15, 0.2) is 53.4 Å². The summed E-state index contributed by atoms with van der Waals surface area (Å²) in [6, 6.07) is 13.0. The monoisotopic (exact) mass is 503 g/mol. The summed E-state index contributed by atoms with van der Waals surface area (Å²) in [6.07, 6.45) is 0.894. The number of rotatable bonds is 6. The molecule has 1 aliphatic rings. The molecule has 3 rings (SSSR count). The number of ether oxygens (including phenoxy) is 2. The maximum absolute atomic E-state index is 13.3. The smallest absolute Gasteiger partial charge is 0.261 e. The fraction of sp³-hybridized carbons (Fsp3) is 0.500. The number of nitrogens with zero attached hydrogens (tertiary/aromatic N) is 2. The minimum Gasteiger partial charge on any atom is -0.491 e. The van der Waals surface area contributed by atoms with Crippen LogP contribution in [0.5, 0.6) is 5.75 Å². The molecule has 1 aliphatic heterocycles. The number of nitrogens with one attached hydrogen (secondary N) is 1. The van der Waals surface area contributed by atoms with Crippen LogP contribution in [0.1, 0.15) is 37.6 Å². The molecular weight excluding hydrogens is 466 g/mol. The molecule has 1 N–H and O–H groups in total. The SMILES string of the molecule is CCCN1C[C@H](C)[C@@H](OC)CN(C)C(=O)c2ccc(NS(=O)(=O)c3ccccc3)cc2OC[C@H]1C. The molecule has 0 aliphatic carbocycles. The van der Waals surface area contributed by atoms with Gasteiger partial charge in [-0.1, -0.05) is 32.0 Å². The predicted molar refractivity (Wildman–Crippen MR) is 137 cm³/mol. The zero-order valence-electron chi connectivity index (χ0n) is 21.2. The first kappa shape index (κ1) is 27.0. The molecular formula is C26H37N3O5S. The highest BCUT2D eigenvalue weighted by atomic mass is 32.2. The molecule has 0 spiro atoms. The summed E-state index contributed by atoms with van der Waals surface area (Å²) in [5, 5.41) is 0. The van der Waals surface area contributed by atoms with Crippen LogP contribution in [0.2, 0.25) is 0 Å². The molecule has 0 fully saturated rings. The Hall–Kier alpha value is -2.62. The van der Waals surface area contributed by atoms with Crippen molar-refractivity contribution >= 4 is 21.6 Å². The Labute approximate surface area is 209 Å². The van der Waals surface area contributed by atoms with Crippen molar-refractivity contribution in [3.8, 4) is 5.75 Å². The molecule has 0 radical (unpaired) electrons. The molecule has 2 aromatic rings. The maximum Gasteiger partial charge on any atom is 0.261 e. The quantitative estimate of drug-likeness (QED) is 0.647. The van der Waals surface area contributed by atoms with Gasteiger partial charge < -0.3 is 14.4 Å². The molecule has 8 nitrogen and oxygen atoms in total. The minimum absolute atomic E-state index is 0.0969. The highest BCUT2D eigenvalue weighted by molar-refractivity contribution is 7.92. The number of benzene rings is 2. The average molecular weight is 504 g/mol. The van der Waals surface area contributed by atoms with Crippen molar-refractivity contribution in [2.24, 2.45) is 5.92 Å². The van der Waals surface area contributed by atoms with Gasteiger partial charge in [-0.15, -0.1) is 0 Å². The van der Waals surface area contributed by atoms with E-state index in [2.05, 4.69) is 30.4 Å². The number of hydrogen-bond donors (Lipinski definition) is 1. The van der Waals surface area contributed by atoms with E-state index in [9.17, 15) is 13.2 Å². The van der Waals surface area contributed by atoms with Crippen molar-refractivity contribution in [3.05, 3.63) is 54.1 Å². The molecule has 35 heavy (non-hydrogen) atoms. The van der Waals surface area contributed by atoms with Gasteiger partial charge in [0.1, 0.15) is 12.4 Å². The molecule has 0 bridgehead atoms. The summed E-state index contributed by atoms with van der Waals surface area (Å²) >= 11 is 0. The van der Waals surface area contributed by atoms with Crippen LogP contribution in [0, 0.1) is 5.92 Å². The van der Waals surface area contributed by atoms with Gasteiger partial charge in [-0.25, -0.2) is 8.42 Å². The standard InChI is InChI=1S/C26H37N3O5S/c1-6-14-29-16-19(2)25(33-5)17-28(4)26(30)23-13-12-21(15-24(23)34-18-20(29)3)27-35(31,32)22-10-8-7-9-11-22/h7-13,15,19-20,25,27H,6,14,16-18H2,1-5H3/t19-,20+,25-/m0/s1. The van der Waals surface area contributed by atoms with Crippen LogP contribution in [0.3, 0.4) is 0 Å². The van der Waals surface area contributed by atoms with Gasteiger partial charge in [0.15, 0.2) is 0 Å². The zero-order valence-corrected chi connectivity index (χ0v) is 22.0. The third kappa shape index (κ3) is 6.74. The molecule has 0 aromatic heterocycles. The van der Waals surface area contributed by atoms with Crippen molar-refractivity contribution in [3.63, 3.8) is 0 Å². The topological polar surface area (TPSA) is 88.2 Å². The van der Waals surface area contributed by atoms with Crippen LogP contribution < -0.4 is 9.46 Å². The summed E-state index contributed by atoms with van der Waals surface area (Å²) in [7, 11) is -0.347. The average Bonchev–Trinajstić information content (AvgIpc) is 2.84. The number of anilines is 1. The van der Waals surface area contributed by atoms with Gasteiger partial charge in [0.25, 0.3) is 15.9 Å². The van der Waals surface area contributed by atoms with Crippen molar-refractivity contribution in [2.75, 3.05) is 45.1 Å². The number of carbonyl (C=O) groups excluding carboxylic acids is 1. The van der Waals surface area contributed by atoms with E-state index in [4.69, 9.17) is 9.47 Å². The highest BCUT2D eigenvalue weighted by Crippen LogP contribution is 2.28. The van der Waals surface area contributed by atoms with Gasteiger partial charge in [-0.05, 0) is 50.1 Å². The van der Waals surface area contributed by atoms with Gasteiger partial charge >= 0.3 is 0 Å². The molecule has 1 heterocycles. The van der Waals surface area contributed by atoms with E-state index in [1.807, 2.05) is 0 Å². The zero-order chi connectivity index (χ0) is 25.6. The van der Waals surface area contributed by atoms with E-state index in [-0.39, 0.29) is 28.9 Å². The van der Waals surface area contributed by atoms with Gasteiger partial charge in [-0.2, -0.15) is 0 Å². The number of amides is 1. The van der Waals surface area contributed by atoms with E-state index in [0.717, 1.165) is 19.5 Å². The van der Waals surface area contributed by atoms with Crippen LogP contribution in [0.4, 0.5) is 5.69 Å². The lowest BCUT2D eigenvalue weighted by Crippen LogP contribution is -2.46. The third-order valence-corrected chi connectivity index (χ3v) is 7.79. The van der Waals surface area contributed by atoms with Crippen molar-refractivity contribution in [1.82, 2.24) is 9.80 Å². The first-order valence-electron chi connectivity index (χ1n) is 12.0. The number of fused-ring (bicyclic) bond motifs is 1. The van der Waals surface area contributed by atoms with Crippen LogP contribution in [-0.2, 0) is 14.8 Å². The molecule has 192 valence electrons. The van der Waals surface area contributed by atoms with Gasteiger partial charge in [0.2, 0.25) is 0 Å². The highest BCUT2D eigenvalue weighted by Gasteiger charge is 2.28. The van der Waals surface area contributed by atoms with Crippen LogP contribution in [0.25, 0.3) is 0 Å². The number of hydrogen-bond acceptors (Lipinski definition) is 6. The second-order valence-corrected chi connectivity index (χ2v) is 10.9. The van der Waals surface area contributed by atoms with Gasteiger partial charge in [0.05, 0.1) is 22.3 Å². The van der Waals surface area contributed by atoms with E-state index in [0.29, 0.717) is 30.2 Å². The van der Waals surface area contributed by atoms with E-state index in [1.165, 1.54) is 12.1 Å². The van der Waals surface area contributed by atoms with E-state index < -0.39 is 10.0 Å². The Balaban J connectivity index is 1.95. The normalized spacial score (nSPS) is 22.5. The Morgan fingerprint density at radius 3 is 2.49 bits per heavy atom. The van der Waals surface area contributed by atoms with Crippen molar-refractivity contribution in [1.29, 1.82) is 0 Å². The van der Waals surface area contributed by atoms with Crippen LogP contribution in [-0.4, -0.2) is 76.7 Å². The molecule has 0 unspecified atom stereocenters. The Morgan fingerprint density at radius 1 is 1.11 bits per heavy atom. The van der Waals surface area contributed by atoms with E-state index in [1.54, 1.807) is 55.5 Å². The van der Waals surface area contributed by atoms with E-state index >= 15 is 0 Å².